The molecule has 0 aromatic heterocycles. The van der Waals surface area contributed by atoms with Crippen LogP contribution in [0.4, 0.5) is 0 Å². The Morgan fingerprint density at radius 1 is 1.17 bits per heavy atom. The fraction of sp³-hybridized carbons (Fsp3) is 0.641. The molecule has 4 fully saturated rings. The maximum absolute atomic E-state index is 14.9. The summed E-state index contributed by atoms with van der Waals surface area (Å²) in [5.41, 5.74) is -0.644. The van der Waals surface area contributed by atoms with Crippen molar-refractivity contribution in [1.29, 1.82) is 0 Å². The van der Waals surface area contributed by atoms with Crippen LogP contribution in [0, 0.1) is 17.8 Å². The van der Waals surface area contributed by atoms with Gasteiger partial charge < -0.3 is 34.4 Å². The van der Waals surface area contributed by atoms with E-state index in [0.717, 1.165) is 13.1 Å². The van der Waals surface area contributed by atoms with E-state index in [1.807, 2.05) is 44.2 Å². The first-order chi connectivity index (χ1) is 25.0. The number of alkyl halides is 1. The SMILES string of the molecule is C=CCCC(=O)N[C@H](C)[C@@H](OC(=O)[C@@H]1[C@H]2O[C@@]3(CC2Br)[C@H](C(=O)N(CC=C)CCN2CCOCC2)N([C@@H](CO)[C@@H](C)CC)C(=O)[C@@H]13)c1ccccc1. The van der Waals surface area contributed by atoms with E-state index in [4.69, 9.17) is 14.2 Å². The summed E-state index contributed by atoms with van der Waals surface area (Å²) in [6.07, 6.45) is 3.49. The average molecular weight is 788 g/mol. The maximum atomic E-state index is 14.9. The zero-order chi connectivity index (χ0) is 37.6. The molecule has 5 rings (SSSR count). The Balaban J connectivity index is 1.49. The molecule has 1 aromatic rings. The molecule has 13 heteroatoms. The molecule has 0 saturated carbocycles. The lowest BCUT2D eigenvalue weighted by atomic mass is 9.70. The highest BCUT2D eigenvalue weighted by atomic mass is 79.9. The van der Waals surface area contributed by atoms with Crippen LogP contribution in [0.1, 0.15) is 58.1 Å². The molecule has 10 atom stereocenters. The Bertz CT molecular complexity index is 1440. The summed E-state index contributed by atoms with van der Waals surface area (Å²) < 4.78 is 18.6. The summed E-state index contributed by atoms with van der Waals surface area (Å²) >= 11 is 3.76. The molecule has 4 saturated heterocycles. The third kappa shape index (κ3) is 8.03. The second kappa shape index (κ2) is 17.8. The molecule has 12 nitrogen and oxygen atoms in total. The third-order valence-electron chi connectivity index (χ3n) is 11.3. The Morgan fingerprint density at radius 3 is 2.52 bits per heavy atom. The summed E-state index contributed by atoms with van der Waals surface area (Å²) in [6.45, 7) is 17.0. The number of halogens is 1. The number of carbonyl (C=O) groups is 4. The van der Waals surface area contributed by atoms with E-state index >= 15 is 0 Å². The number of allylic oxidation sites excluding steroid dienone is 1. The molecular weight excluding hydrogens is 732 g/mol. The van der Waals surface area contributed by atoms with E-state index < -0.39 is 59.6 Å². The van der Waals surface area contributed by atoms with Crippen molar-refractivity contribution in [2.75, 3.05) is 52.5 Å². The minimum absolute atomic E-state index is 0.143. The van der Waals surface area contributed by atoms with E-state index in [1.54, 1.807) is 24.0 Å². The molecule has 0 aliphatic carbocycles. The second-order valence-corrected chi connectivity index (χ2v) is 15.7. The van der Waals surface area contributed by atoms with Crippen LogP contribution in [0.3, 0.4) is 0 Å². The van der Waals surface area contributed by atoms with Gasteiger partial charge in [-0.3, -0.25) is 24.1 Å². The molecule has 1 spiro atoms. The summed E-state index contributed by atoms with van der Waals surface area (Å²) in [6, 6.07) is 6.84. The van der Waals surface area contributed by atoms with Crippen molar-refractivity contribution < 1.29 is 38.5 Å². The number of benzene rings is 1. The summed E-state index contributed by atoms with van der Waals surface area (Å²) in [5, 5.41) is 13.7. The molecule has 2 bridgehead atoms. The van der Waals surface area contributed by atoms with Crippen LogP contribution in [0.5, 0.6) is 0 Å². The van der Waals surface area contributed by atoms with Crippen molar-refractivity contribution in [3.8, 4) is 0 Å². The standard InChI is InChI=1S/C39H55BrN4O8/c1-6-9-15-30(46)41-26(5)33(27-13-11-10-12-14-27)51-38(49)31-32-36(47)44(29(24-45)25(4)8-3)35(39(32)23-28(40)34(31)52-39)37(48)43(16-7-2)18-17-42-19-21-50-22-20-42/h6-7,10-14,25-26,28-29,31-35,45H,1-2,8-9,15-24H2,3-5H3,(H,41,46)/t25-,26+,28?,29-,31-,32+,33+,34-,35-,39+/m0/s1. The van der Waals surface area contributed by atoms with Gasteiger partial charge in [-0.15, -0.1) is 13.2 Å². The van der Waals surface area contributed by atoms with Gasteiger partial charge in [0.25, 0.3) is 0 Å². The lowest BCUT2D eigenvalue weighted by molar-refractivity contribution is -0.163. The van der Waals surface area contributed by atoms with Crippen LogP contribution in [0.25, 0.3) is 0 Å². The average Bonchev–Trinajstić information content (AvgIpc) is 3.75. The molecule has 1 unspecified atom stereocenters. The largest absolute Gasteiger partial charge is 0.455 e. The first kappa shape index (κ1) is 40.1. The Labute approximate surface area is 316 Å². The van der Waals surface area contributed by atoms with Gasteiger partial charge in [-0.25, -0.2) is 0 Å². The zero-order valence-electron chi connectivity index (χ0n) is 30.7. The van der Waals surface area contributed by atoms with Crippen LogP contribution >= 0.6 is 15.9 Å². The van der Waals surface area contributed by atoms with Crippen molar-refractivity contribution in [3.63, 3.8) is 0 Å². The molecule has 4 aliphatic rings. The van der Waals surface area contributed by atoms with Crippen molar-refractivity contribution >= 4 is 39.6 Å². The van der Waals surface area contributed by atoms with Gasteiger partial charge in [0.05, 0.1) is 49.8 Å². The quantitative estimate of drug-likeness (QED) is 0.131. The number of likely N-dealkylation sites (tertiary alicyclic amines) is 1. The number of fused-ring (bicyclic) bond motifs is 1. The smallest absolute Gasteiger partial charge is 0.313 e. The van der Waals surface area contributed by atoms with Crippen molar-refractivity contribution in [2.24, 2.45) is 17.8 Å². The van der Waals surface area contributed by atoms with E-state index in [-0.39, 0.29) is 42.1 Å². The Kier molecular flexibility index (Phi) is 13.7. The Hall–Kier alpha value is -3.10. The normalized spacial score (nSPS) is 29.1. The fourth-order valence-electron chi connectivity index (χ4n) is 8.43. The topological polar surface area (TPSA) is 138 Å². The zero-order valence-corrected chi connectivity index (χ0v) is 32.2. The van der Waals surface area contributed by atoms with Crippen LogP contribution in [0.2, 0.25) is 0 Å². The predicted octanol–water partition coefficient (Wildman–Crippen LogP) is 3.24. The molecule has 52 heavy (non-hydrogen) atoms. The highest BCUT2D eigenvalue weighted by Crippen LogP contribution is 2.61. The Morgan fingerprint density at radius 2 is 1.88 bits per heavy atom. The van der Waals surface area contributed by atoms with Gasteiger partial charge in [0, 0.05) is 44.0 Å². The molecule has 2 N–H and O–H groups in total. The molecule has 3 amide bonds. The lowest BCUT2D eigenvalue weighted by Gasteiger charge is -2.41. The van der Waals surface area contributed by atoms with Gasteiger partial charge in [-0.2, -0.15) is 0 Å². The number of rotatable bonds is 18. The molecule has 4 heterocycles. The van der Waals surface area contributed by atoms with Crippen LogP contribution in [0.15, 0.2) is 55.6 Å². The summed E-state index contributed by atoms with van der Waals surface area (Å²) in [5.74, 6) is -3.71. The number of hydrogen-bond acceptors (Lipinski definition) is 9. The minimum atomic E-state index is -1.33. The van der Waals surface area contributed by atoms with E-state index in [0.29, 0.717) is 51.1 Å². The minimum Gasteiger partial charge on any atom is -0.455 e. The van der Waals surface area contributed by atoms with Gasteiger partial charge in [0.15, 0.2) is 0 Å². The lowest BCUT2D eigenvalue weighted by Crippen LogP contribution is -2.60. The molecule has 0 radical (unpaired) electrons. The first-order valence-electron chi connectivity index (χ1n) is 18.6. The highest BCUT2D eigenvalue weighted by molar-refractivity contribution is 9.09. The summed E-state index contributed by atoms with van der Waals surface area (Å²) in [7, 11) is 0. The number of hydrogen-bond donors (Lipinski definition) is 2. The number of aliphatic hydroxyl groups is 1. The first-order valence-corrected chi connectivity index (χ1v) is 19.5. The van der Waals surface area contributed by atoms with Crippen molar-refractivity contribution in [1.82, 2.24) is 20.0 Å². The highest BCUT2D eigenvalue weighted by Gasteiger charge is 2.77. The number of morpholine rings is 1. The summed E-state index contributed by atoms with van der Waals surface area (Å²) in [4.78, 5) is 62.2. The predicted molar refractivity (Wildman–Crippen MR) is 199 cm³/mol. The number of aliphatic hydroxyl groups excluding tert-OH is 1. The number of nitrogens with one attached hydrogen (secondary N) is 1. The van der Waals surface area contributed by atoms with E-state index in [2.05, 4.69) is 39.3 Å². The van der Waals surface area contributed by atoms with Gasteiger partial charge in [0.1, 0.15) is 17.7 Å². The number of nitrogens with zero attached hydrogens (tertiary/aromatic N) is 3. The fourth-order valence-corrected chi connectivity index (χ4v) is 9.38. The number of esters is 1. The van der Waals surface area contributed by atoms with Crippen LogP contribution in [-0.4, -0.2) is 131 Å². The molecule has 286 valence electrons. The maximum Gasteiger partial charge on any atom is 0.313 e. The van der Waals surface area contributed by atoms with Crippen molar-refractivity contribution in [2.45, 2.75) is 87.2 Å². The van der Waals surface area contributed by atoms with E-state index in [9.17, 15) is 24.3 Å². The van der Waals surface area contributed by atoms with Crippen LogP contribution in [-0.2, 0) is 33.4 Å². The van der Waals surface area contributed by atoms with Gasteiger partial charge in [-0.05, 0) is 31.2 Å². The molecule has 4 aliphatic heterocycles. The second-order valence-electron chi connectivity index (χ2n) is 14.5. The monoisotopic (exact) mass is 786 g/mol. The van der Waals surface area contributed by atoms with Gasteiger partial charge in [0.2, 0.25) is 17.7 Å². The molecular formula is C39H55BrN4O8. The number of carbonyl (C=O) groups excluding carboxylic acids is 4. The van der Waals surface area contributed by atoms with Crippen molar-refractivity contribution in [3.05, 3.63) is 61.2 Å². The van der Waals surface area contributed by atoms with Crippen LogP contribution < -0.4 is 5.32 Å². The van der Waals surface area contributed by atoms with Gasteiger partial charge in [-0.1, -0.05) is 78.7 Å². The molecule has 1 aromatic carbocycles. The van der Waals surface area contributed by atoms with Gasteiger partial charge >= 0.3 is 5.97 Å². The number of amides is 3. The number of ether oxygens (including phenoxy) is 3. The van der Waals surface area contributed by atoms with E-state index in [1.165, 1.54) is 4.90 Å². The third-order valence-corrected chi connectivity index (χ3v) is 12.2.